The zero-order valence-corrected chi connectivity index (χ0v) is 25.1. The number of fused-ring (bicyclic) bond motifs is 1. The second kappa shape index (κ2) is 12.9. The van der Waals surface area contributed by atoms with Gasteiger partial charge in [-0.3, -0.25) is 19.6 Å². The van der Waals surface area contributed by atoms with Crippen molar-refractivity contribution in [1.29, 1.82) is 0 Å². The average Bonchev–Trinajstić information content (AvgIpc) is 3.35. The van der Waals surface area contributed by atoms with E-state index in [-0.39, 0.29) is 30.0 Å². The van der Waals surface area contributed by atoms with E-state index in [2.05, 4.69) is 17.3 Å². The van der Waals surface area contributed by atoms with Gasteiger partial charge in [0, 0.05) is 24.2 Å². The van der Waals surface area contributed by atoms with E-state index in [0.717, 1.165) is 24.0 Å². The van der Waals surface area contributed by atoms with Gasteiger partial charge in [0.2, 0.25) is 0 Å². The summed E-state index contributed by atoms with van der Waals surface area (Å²) in [5.74, 6) is 0.390. The zero-order valence-electron chi connectivity index (χ0n) is 24.3. The lowest BCUT2D eigenvalue weighted by molar-refractivity contribution is 0.310. The maximum absolute atomic E-state index is 14.0. The number of hydrogen-bond acceptors (Lipinski definition) is 4. The van der Waals surface area contributed by atoms with Crippen LogP contribution in [0.1, 0.15) is 29.7 Å². The van der Waals surface area contributed by atoms with Gasteiger partial charge in [-0.1, -0.05) is 54.1 Å². The minimum absolute atomic E-state index is 0.245. The van der Waals surface area contributed by atoms with Crippen LogP contribution in [0.3, 0.4) is 0 Å². The second-order valence-corrected chi connectivity index (χ2v) is 11.5. The SMILES string of the molecule is CN(Cc1cccc(F)c1)Cc1c2c(=O)n(-c3ccc(OCC4=CC=CCC4)cc3)[nH]c2cc(=O)n1Cc1ccc(Cl)cc1. The predicted molar refractivity (Wildman–Crippen MR) is 172 cm³/mol. The lowest BCUT2D eigenvalue weighted by Crippen LogP contribution is -2.29. The van der Waals surface area contributed by atoms with E-state index in [4.69, 9.17) is 16.3 Å². The minimum atomic E-state index is -0.314. The van der Waals surface area contributed by atoms with Gasteiger partial charge in [-0.2, -0.15) is 0 Å². The largest absolute Gasteiger partial charge is 0.489 e. The van der Waals surface area contributed by atoms with Gasteiger partial charge in [-0.05, 0) is 85.1 Å². The predicted octanol–water partition coefficient (Wildman–Crippen LogP) is 6.61. The highest BCUT2D eigenvalue weighted by atomic mass is 35.5. The van der Waals surface area contributed by atoms with Crippen molar-refractivity contribution in [3.05, 3.63) is 151 Å². The minimum Gasteiger partial charge on any atom is -0.489 e. The molecule has 0 unspecified atom stereocenters. The van der Waals surface area contributed by atoms with Crippen LogP contribution < -0.4 is 15.9 Å². The van der Waals surface area contributed by atoms with Crippen molar-refractivity contribution in [2.45, 2.75) is 32.5 Å². The zero-order chi connectivity index (χ0) is 30.6. The van der Waals surface area contributed by atoms with Crippen LogP contribution in [-0.4, -0.2) is 32.9 Å². The third kappa shape index (κ3) is 6.61. The highest BCUT2D eigenvalue weighted by Gasteiger charge is 2.20. The Morgan fingerprint density at radius 1 is 0.977 bits per heavy atom. The van der Waals surface area contributed by atoms with Crippen molar-refractivity contribution in [2.75, 3.05) is 13.7 Å². The van der Waals surface area contributed by atoms with Crippen molar-refractivity contribution in [3.8, 4) is 11.4 Å². The summed E-state index contributed by atoms with van der Waals surface area (Å²) in [5.41, 5.74) is 4.01. The number of halogens is 2. The van der Waals surface area contributed by atoms with Gasteiger partial charge >= 0.3 is 0 Å². The van der Waals surface area contributed by atoms with Gasteiger partial charge in [0.25, 0.3) is 11.1 Å². The van der Waals surface area contributed by atoms with Crippen LogP contribution in [0, 0.1) is 5.82 Å². The summed E-state index contributed by atoms with van der Waals surface area (Å²) in [5, 5.41) is 4.16. The van der Waals surface area contributed by atoms with Crippen LogP contribution in [0.2, 0.25) is 5.02 Å². The summed E-state index contributed by atoms with van der Waals surface area (Å²) in [6.45, 7) is 1.48. The quantitative estimate of drug-likeness (QED) is 0.193. The van der Waals surface area contributed by atoms with E-state index < -0.39 is 0 Å². The Morgan fingerprint density at radius 3 is 2.50 bits per heavy atom. The molecule has 0 radical (unpaired) electrons. The first kappa shape index (κ1) is 29.4. The van der Waals surface area contributed by atoms with E-state index in [1.165, 1.54) is 28.5 Å². The molecule has 0 aliphatic heterocycles. The van der Waals surface area contributed by atoms with Gasteiger partial charge in [0.15, 0.2) is 0 Å². The van der Waals surface area contributed by atoms with Crippen LogP contribution in [0.25, 0.3) is 16.6 Å². The third-order valence-electron chi connectivity index (χ3n) is 7.70. The number of pyridine rings is 1. The molecule has 3 aromatic carbocycles. The van der Waals surface area contributed by atoms with Gasteiger partial charge in [0.05, 0.1) is 28.8 Å². The summed E-state index contributed by atoms with van der Waals surface area (Å²) in [6, 6.07) is 22.4. The Morgan fingerprint density at radius 2 is 1.77 bits per heavy atom. The van der Waals surface area contributed by atoms with Crippen molar-refractivity contribution in [1.82, 2.24) is 19.2 Å². The highest BCUT2D eigenvalue weighted by Crippen LogP contribution is 2.21. The Kier molecular flexibility index (Phi) is 8.63. The molecule has 6 rings (SSSR count). The highest BCUT2D eigenvalue weighted by molar-refractivity contribution is 6.30. The van der Waals surface area contributed by atoms with Crippen LogP contribution in [-0.2, 0) is 19.6 Å². The van der Waals surface area contributed by atoms with Gasteiger partial charge in [0.1, 0.15) is 18.2 Å². The number of benzene rings is 3. The van der Waals surface area contributed by atoms with Crippen LogP contribution in [0.4, 0.5) is 4.39 Å². The molecule has 44 heavy (non-hydrogen) atoms. The fourth-order valence-corrected chi connectivity index (χ4v) is 5.62. The Balaban J connectivity index is 1.36. The molecule has 7 nitrogen and oxygen atoms in total. The molecule has 1 aliphatic rings. The Labute approximate surface area is 259 Å². The number of aromatic nitrogens is 3. The Hall–Kier alpha value is -4.66. The molecule has 0 bridgehead atoms. The number of nitrogens with zero attached hydrogens (tertiary/aromatic N) is 3. The first-order chi connectivity index (χ1) is 21.3. The first-order valence-corrected chi connectivity index (χ1v) is 14.8. The molecule has 9 heteroatoms. The summed E-state index contributed by atoms with van der Waals surface area (Å²) in [7, 11) is 1.88. The molecule has 0 fully saturated rings. The molecule has 0 saturated heterocycles. The normalized spacial score (nSPS) is 13.0. The molecule has 0 amide bonds. The van der Waals surface area contributed by atoms with Crippen molar-refractivity contribution in [2.24, 2.45) is 0 Å². The number of nitrogens with one attached hydrogen (secondary N) is 1. The standard InChI is InChI=1S/C35H32ClFN4O3/c1-39(20-26-8-5-9-28(37)18-26)22-32-34-31(19-33(42)40(32)21-24-10-12-27(36)13-11-24)38-41(35(34)43)29-14-16-30(17-15-29)44-23-25-6-3-2-4-7-25/h2-3,5-6,8-19,38H,4,7,20-23H2,1H3. The van der Waals surface area contributed by atoms with Crippen molar-refractivity contribution >= 4 is 22.5 Å². The second-order valence-electron chi connectivity index (χ2n) is 11.1. The lowest BCUT2D eigenvalue weighted by Gasteiger charge is -2.21. The first-order valence-electron chi connectivity index (χ1n) is 14.5. The molecular weight excluding hydrogens is 579 g/mol. The van der Waals surface area contributed by atoms with Crippen LogP contribution in [0.15, 0.2) is 112 Å². The van der Waals surface area contributed by atoms with Gasteiger partial charge < -0.3 is 9.30 Å². The van der Waals surface area contributed by atoms with Gasteiger partial charge in [-0.25, -0.2) is 9.07 Å². The van der Waals surface area contributed by atoms with E-state index in [1.54, 1.807) is 22.8 Å². The average molecular weight is 611 g/mol. The number of ether oxygens (including phenoxy) is 1. The van der Waals surface area contributed by atoms with E-state index in [9.17, 15) is 14.0 Å². The topological polar surface area (TPSA) is 72.3 Å². The maximum atomic E-state index is 14.0. The van der Waals surface area contributed by atoms with Crippen molar-refractivity contribution < 1.29 is 9.13 Å². The molecule has 224 valence electrons. The molecule has 2 heterocycles. The summed E-state index contributed by atoms with van der Waals surface area (Å²) in [4.78, 5) is 29.5. The Bertz CT molecular complexity index is 1970. The molecule has 1 N–H and O–H groups in total. The van der Waals surface area contributed by atoms with Crippen LogP contribution in [0.5, 0.6) is 5.75 Å². The maximum Gasteiger partial charge on any atom is 0.280 e. The molecule has 1 aliphatic carbocycles. The number of hydrogen-bond donors (Lipinski definition) is 1. The number of H-pyrrole nitrogens is 1. The van der Waals surface area contributed by atoms with E-state index in [0.29, 0.717) is 46.2 Å². The fourth-order valence-electron chi connectivity index (χ4n) is 5.50. The molecule has 2 aromatic heterocycles. The summed E-state index contributed by atoms with van der Waals surface area (Å²) in [6.07, 6.45) is 8.27. The van der Waals surface area contributed by atoms with E-state index >= 15 is 0 Å². The molecule has 0 atom stereocenters. The number of rotatable bonds is 10. The molecule has 0 spiro atoms. The van der Waals surface area contributed by atoms with Crippen LogP contribution >= 0.6 is 11.6 Å². The number of allylic oxidation sites excluding steroid dienone is 3. The van der Waals surface area contributed by atoms with Gasteiger partial charge in [-0.15, -0.1) is 0 Å². The lowest BCUT2D eigenvalue weighted by atomic mass is 10.1. The molecular formula is C35H32ClFN4O3. The smallest absolute Gasteiger partial charge is 0.280 e. The molecule has 0 saturated carbocycles. The third-order valence-corrected chi connectivity index (χ3v) is 7.95. The number of aromatic amines is 1. The summed E-state index contributed by atoms with van der Waals surface area (Å²) >= 11 is 6.09. The molecule has 5 aromatic rings. The van der Waals surface area contributed by atoms with Crippen molar-refractivity contribution in [3.63, 3.8) is 0 Å². The summed E-state index contributed by atoms with van der Waals surface area (Å²) < 4.78 is 22.9. The monoisotopic (exact) mass is 610 g/mol. The van der Waals surface area contributed by atoms with E-state index in [1.807, 2.05) is 60.5 Å². The fraction of sp³-hybridized carbons (Fsp3) is 0.200.